The van der Waals surface area contributed by atoms with Gasteiger partial charge in [0, 0.05) is 37.2 Å². The maximum atomic E-state index is 12.2. The number of amides is 1. The van der Waals surface area contributed by atoms with Gasteiger partial charge in [-0.2, -0.15) is 0 Å². The number of pyridine rings is 1. The Morgan fingerprint density at radius 2 is 1.86 bits per heavy atom. The third-order valence-corrected chi connectivity index (χ3v) is 4.35. The molecule has 0 aliphatic carbocycles. The molecule has 1 aromatic carbocycles. The van der Waals surface area contributed by atoms with E-state index in [1.54, 1.807) is 19.2 Å². The van der Waals surface area contributed by atoms with Gasteiger partial charge in [0.1, 0.15) is 11.4 Å². The summed E-state index contributed by atoms with van der Waals surface area (Å²) in [5.74, 6) is -0.586. The molecule has 28 heavy (non-hydrogen) atoms. The van der Waals surface area contributed by atoms with Crippen molar-refractivity contribution >= 4 is 29.1 Å². The average Bonchev–Trinajstić information content (AvgIpc) is 2.73. The van der Waals surface area contributed by atoms with E-state index in [0.717, 1.165) is 37.7 Å². The van der Waals surface area contributed by atoms with E-state index in [4.69, 9.17) is 9.47 Å². The quantitative estimate of drug-likeness (QED) is 0.737. The zero-order chi connectivity index (χ0) is 19.9. The van der Waals surface area contributed by atoms with Gasteiger partial charge >= 0.3 is 5.97 Å². The van der Waals surface area contributed by atoms with Crippen molar-refractivity contribution in [2.24, 2.45) is 0 Å². The molecule has 2 heterocycles. The van der Waals surface area contributed by atoms with Crippen LogP contribution in [-0.4, -0.2) is 56.8 Å². The lowest BCUT2D eigenvalue weighted by atomic mass is 10.2. The van der Waals surface area contributed by atoms with Crippen molar-refractivity contribution in [1.82, 2.24) is 4.98 Å². The Balaban J connectivity index is 1.52. The molecule has 1 aromatic heterocycles. The normalized spacial score (nSPS) is 13.7. The molecule has 1 aliphatic rings. The fraction of sp³-hybridized carbons (Fsp3) is 0.350. The largest absolute Gasteiger partial charge is 0.452 e. The highest BCUT2D eigenvalue weighted by atomic mass is 16.5. The molecule has 2 N–H and O–H groups in total. The number of ether oxygens (including phenoxy) is 2. The van der Waals surface area contributed by atoms with Crippen molar-refractivity contribution in [2.45, 2.75) is 6.92 Å². The van der Waals surface area contributed by atoms with E-state index in [0.29, 0.717) is 11.5 Å². The Morgan fingerprint density at radius 3 is 2.54 bits per heavy atom. The molecule has 1 amide bonds. The molecule has 0 unspecified atom stereocenters. The number of aromatic nitrogens is 1. The summed E-state index contributed by atoms with van der Waals surface area (Å²) >= 11 is 0. The molecular formula is C20H24N4O4. The number of benzene rings is 1. The Morgan fingerprint density at radius 1 is 1.14 bits per heavy atom. The van der Waals surface area contributed by atoms with Crippen LogP contribution in [0.25, 0.3) is 0 Å². The first kappa shape index (κ1) is 19.6. The number of hydrogen-bond donors (Lipinski definition) is 2. The number of aryl methyl sites for hydroxylation is 1. The SMILES string of the molecule is CNc1nc(C)ccc1C(=O)OCC(=O)Nc1ccc(N2CCOCC2)cc1. The molecule has 8 heteroatoms. The van der Waals surface area contributed by atoms with Gasteiger partial charge in [-0.15, -0.1) is 0 Å². The van der Waals surface area contributed by atoms with Crippen molar-refractivity contribution in [1.29, 1.82) is 0 Å². The van der Waals surface area contributed by atoms with Gasteiger partial charge in [-0.3, -0.25) is 4.79 Å². The Bertz CT molecular complexity index is 833. The van der Waals surface area contributed by atoms with E-state index in [2.05, 4.69) is 20.5 Å². The van der Waals surface area contributed by atoms with Gasteiger partial charge in [-0.25, -0.2) is 9.78 Å². The van der Waals surface area contributed by atoms with Crippen LogP contribution in [0, 0.1) is 6.92 Å². The summed E-state index contributed by atoms with van der Waals surface area (Å²) in [6.07, 6.45) is 0. The van der Waals surface area contributed by atoms with Crippen LogP contribution in [0.15, 0.2) is 36.4 Å². The van der Waals surface area contributed by atoms with Crippen molar-refractivity contribution in [3.05, 3.63) is 47.7 Å². The summed E-state index contributed by atoms with van der Waals surface area (Å²) in [4.78, 5) is 30.8. The predicted molar refractivity (Wildman–Crippen MR) is 107 cm³/mol. The van der Waals surface area contributed by atoms with Crippen molar-refractivity contribution in [3.8, 4) is 0 Å². The number of morpholine rings is 1. The summed E-state index contributed by atoms with van der Waals surface area (Å²) in [6.45, 7) is 4.59. The van der Waals surface area contributed by atoms with Gasteiger partial charge in [0.25, 0.3) is 5.91 Å². The van der Waals surface area contributed by atoms with Gasteiger partial charge < -0.3 is 25.0 Å². The van der Waals surface area contributed by atoms with E-state index in [9.17, 15) is 9.59 Å². The first-order valence-electron chi connectivity index (χ1n) is 9.12. The van der Waals surface area contributed by atoms with E-state index in [-0.39, 0.29) is 12.2 Å². The Hall–Kier alpha value is -3.13. The fourth-order valence-electron chi connectivity index (χ4n) is 2.90. The monoisotopic (exact) mass is 384 g/mol. The van der Waals surface area contributed by atoms with Gasteiger partial charge in [-0.05, 0) is 43.3 Å². The molecule has 0 saturated carbocycles. The summed E-state index contributed by atoms with van der Waals surface area (Å²) in [7, 11) is 1.67. The van der Waals surface area contributed by atoms with Crippen LogP contribution in [0.5, 0.6) is 0 Å². The number of rotatable bonds is 6. The maximum Gasteiger partial charge on any atom is 0.342 e. The first-order valence-corrected chi connectivity index (χ1v) is 9.12. The number of esters is 1. The van der Waals surface area contributed by atoms with E-state index < -0.39 is 11.9 Å². The van der Waals surface area contributed by atoms with Crippen LogP contribution in [0.3, 0.4) is 0 Å². The zero-order valence-electron chi connectivity index (χ0n) is 16.0. The van der Waals surface area contributed by atoms with Crippen LogP contribution in [0.1, 0.15) is 16.1 Å². The molecule has 1 fully saturated rings. The molecule has 0 bridgehead atoms. The second-order valence-corrected chi connectivity index (χ2v) is 6.37. The third kappa shape index (κ3) is 4.98. The standard InChI is InChI=1S/C20H24N4O4/c1-14-3-8-17(19(21-2)22-14)20(26)28-13-18(25)23-15-4-6-16(7-5-15)24-9-11-27-12-10-24/h3-8H,9-13H2,1-2H3,(H,21,22)(H,23,25). The predicted octanol–water partition coefficient (Wildman–Crippen LogP) is 2.06. The van der Waals surface area contributed by atoms with Crippen LogP contribution < -0.4 is 15.5 Å². The second kappa shape index (κ2) is 9.18. The lowest BCUT2D eigenvalue weighted by molar-refractivity contribution is -0.119. The van der Waals surface area contributed by atoms with Crippen LogP contribution in [-0.2, 0) is 14.3 Å². The number of carbonyl (C=O) groups is 2. The van der Waals surface area contributed by atoms with Crippen LogP contribution in [0.4, 0.5) is 17.2 Å². The van der Waals surface area contributed by atoms with Crippen molar-refractivity contribution in [3.63, 3.8) is 0 Å². The number of hydrogen-bond acceptors (Lipinski definition) is 7. The molecule has 3 rings (SSSR count). The van der Waals surface area contributed by atoms with E-state index in [1.165, 1.54) is 0 Å². The highest BCUT2D eigenvalue weighted by Gasteiger charge is 2.16. The van der Waals surface area contributed by atoms with Gasteiger partial charge in [-0.1, -0.05) is 0 Å². The average molecular weight is 384 g/mol. The van der Waals surface area contributed by atoms with Crippen molar-refractivity contribution < 1.29 is 19.1 Å². The highest BCUT2D eigenvalue weighted by molar-refractivity contribution is 5.98. The number of nitrogens with one attached hydrogen (secondary N) is 2. The summed E-state index contributed by atoms with van der Waals surface area (Å²) < 4.78 is 10.5. The molecule has 0 spiro atoms. The van der Waals surface area contributed by atoms with Gasteiger partial charge in [0.15, 0.2) is 6.61 Å². The number of nitrogens with zero attached hydrogens (tertiary/aromatic N) is 2. The minimum atomic E-state index is -0.602. The first-order chi connectivity index (χ1) is 13.6. The molecule has 0 atom stereocenters. The van der Waals surface area contributed by atoms with Crippen LogP contribution >= 0.6 is 0 Å². The lowest BCUT2D eigenvalue weighted by Crippen LogP contribution is -2.36. The minimum absolute atomic E-state index is 0.288. The summed E-state index contributed by atoms with van der Waals surface area (Å²) in [5.41, 5.74) is 2.79. The molecule has 8 nitrogen and oxygen atoms in total. The molecular weight excluding hydrogens is 360 g/mol. The summed E-state index contributed by atoms with van der Waals surface area (Å²) in [6, 6.07) is 10.9. The van der Waals surface area contributed by atoms with Crippen molar-refractivity contribution in [2.75, 3.05) is 55.5 Å². The topological polar surface area (TPSA) is 92.8 Å². The summed E-state index contributed by atoms with van der Waals surface area (Å²) in [5, 5.41) is 5.58. The smallest absolute Gasteiger partial charge is 0.342 e. The second-order valence-electron chi connectivity index (χ2n) is 6.37. The number of carbonyl (C=O) groups excluding carboxylic acids is 2. The van der Waals surface area contributed by atoms with E-state index in [1.807, 2.05) is 31.2 Å². The highest BCUT2D eigenvalue weighted by Crippen LogP contribution is 2.19. The fourth-order valence-corrected chi connectivity index (χ4v) is 2.90. The van der Waals surface area contributed by atoms with E-state index >= 15 is 0 Å². The zero-order valence-corrected chi connectivity index (χ0v) is 16.0. The third-order valence-electron chi connectivity index (χ3n) is 4.35. The lowest BCUT2D eigenvalue weighted by Gasteiger charge is -2.28. The van der Waals surface area contributed by atoms with Crippen LogP contribution in [0.2, 0.25) is 0 Å². The molecule has 0 radical (unpaired) electrons. The molecule has 1 aliphatic heterocycles. The van der Waals surface area contributed by atoms with Gasteiger partial charge in [0.2, 0.25) is 0 Å². The molecule has 1 saturated heterocycles. The maximum absolute atomic E-state index is 12.2. The minimum Gasteiger partial charge on any atom is -0.452 e. The Kier molecular flexibility index (Phi) is 6.44. The molecule has 148 valence electrons. The molecule has 2 aromatic rings. The Labute approximate surface area is 163 Å². The van der Waals surface area contributed by atoms with Gasteiger partial charge in [0.05, 0.1) is 13.2 Å². The number of anilines is 3.